The van der Waals surface area contributed by atoms with E-state index in [1.807, 2.05) is 0 Å². The van der Waals surface area contributed by atoms with E-state index in [1.54, 1.807) is 29.6 Å². The SMILES string of the molecule is COc1cc(N(C(=O)c2ccc(Cl)cc2Cl)c2nc(C(=O)N3CC[C@@H](O)C3)cs2)ccc1Cl. The van der Waals surface area contributed by atoms with Crippen LogP contribution in [0.3, 0.4) is 0 Å². The number of carbonyl (C=O) groups excluding carboxylic acids is 2. The van der Waals surface area contributed by atoms with E-state index in [2.05, 4.69) is 4.98 Å². The highest BCUT2D eigenvalue weighted by molar-refractivity contribution is 7.14. The number of β-amino-alcohol motifs (C(OH)–C–C–N with tert-alkyl or cyclic N) is 1. The Morgan fingerprint density at radius 2 is 1.97 bits per heavy atom. The van der Waals surface area contributed by atoms with Gasteiger partial charge in [-0.3, -0.25) is 14.5 Å². The minimum absolute atomic E-state index is 0.178. The topological polar surface area (TPSA) is 83.0 Å². The number of halogens is 3. The summed E-state index contributed by atoms with van der Waals surface area (Å²) in [5.74, 6) is -0.404. The third-order valence-electron chi connectivity index (χ3n) is 5.11. The summed E-state index contributed by atoms with van der Waals surface area (Å²) in [6.45, 7) is 0.702. The Labute approximate surface area is 209 Å². The molecule has 1 atom stereocenters. The fourth-order valence-electron chi connectivity index (χ4n) is 3.44. The van der Waals surface area contributed by atoms with Crippen molar-refractivity contribution in [3.8, 4) is 5.75 Å². The Balaban J connectivity index is 1.76. The number of carbonyl (C=O) groups is 2. The maximum atomic E-state index is 13.6. The highest BCUT2D eigenvalue weighted by atomic mass is 35.5. The molecule has 172 valence electrons. The lowest BCUT2D eigenvalue weighted by molar-refractivity contribution is 0.0759. The van der Waals surface area contributed by atoms with Gasteiger partial charge < -0.3 is 14.7 Å². The third kappa shape index (κ3) is 4.95. The molecule has 0 saturated carbocycles. The zero-order valence-corrected chi connectivity index (χ0v) is 20.4. The van der Waals surface area contributed by atoms with Crippen LogP contribution in [0.25, 0.3) is 0 Å². The van der Waals surface area contributed by atoms with Crippen LogP contribution in [0.2, 0.25) is 15.1 Å². The van der Waals surface area contributed by atoms with Gasteiger partial charge in [0, 0.05) is 29.6 Å². The number of methoxy groups -OCH3 is 1. The quantitative estimate of drug-likeness (QED) is 0.488. The van der Waals surface area contributed by atoms with Crippen molar-refractivity contribution in [3.05, 3.63) is 68.1 Å². The second kappa shape index (κ2) is 9.87. The first-order valence-electron chi connectivity index (χ1n) is 9.84. The zero-order valence-electron chi connectivity index (χ0n) is 17.3. The molecule has 1 N–H and O–H groups in total. The van der Waals surface area contributed by atoms with Gasteiger partial charge in [0.15, 0.2) is 5.13 Å². The molecule has 11 heteroatoms. The Morgan fingerprint density at radius 3 is 2.64 bits per heavy atom. The van der Waals surface area contributed by atoms with Crippen molar-refractivity contribution >= 4 is 68.8 Å². The number of rotatable bonds is 5. The van der Waals surface area contributed by atoms with Crippen LogP contribution >= 0.6 is 46.1 Å². The van der Waals surface area contributed by atoms with Crippen molar-refractivity contribution in [2.24, 2.45) is 0 Å². The summed E-state index contributed by atoms with van der Waals surface area (Å²) < 4.78 is 5.30. The van der Waals surface area contributed by atoms with Crippen LogP contribution in [0.15, 0.2) is 41.8 Å². The summed E-state index contributed by atoms with van der Waals surface area (Å²) in [6.07, 6.45) is -0.0220. The standard InChI is InChI=1S/C22H18Cl3N3O4S/c1-32-19-9-13(3-5-16(19)24)28(20(30)15-4-2-12(23)8-17(15)25)22-26-18(11-33-22)21(31)27-7-6-14(29)10-27/h2-5,8-9,11,14,29H,6-7,10H2,1H3/t14-/m1/s1. The van der Waals surface area contributed by atoms with E-state index in [4.69, 9.17) is 39.5 Å². The van der Waals surface area contributed by atoms with Crippen molar-refractivity contribution in [1.29, 1.82) is 0 Å². The molecule has 0 unspecified atom stereocenters. The average molecular weight is 527 g/mol. The number of thiazole rings is 1. The zero-order chi connectivity index (χ0) is 23.7. The van der Waals surface area contributed by atoms with Crippen LogP contribution in [-0.2, 0) is 0 Å². The fraction of sp³-hybridized carbons (Fsp3) is 0.227. The normalized spacial score (nSPS) is 15.5. The molecular formula is C22H18Cl3N3O4S. The number of aliphatic hydroxyl groups is 1. The average Bonchev–Trinajstić information content (AvgIpc) is 3.44. The maximum Gasteiger partial charge on any atom is 0.273 e. The fourth-order valence-corrected chi connectivity index (χ4v) is 4.94. The number of ether oxygens (including phenoxy) is 1. The van der Waals surface area contributed by atoms with Crippen molar-refractivity contribution in [2.45, 2.75) is 12.5 Å². The molecule has 2 heterocycles. The van der Waals surface area contributed by atoms with Gasteiger partial charge >= 0.3 is 0 Å². The second-order valence-electron chi connectivity index (χ2n) is 7.29. The van der Waals surface area contributed by atoms with Crippen LogP contribution < -0.4 is 9.64 Å². The Morgan fingerprint density at radius 1 is 1.18 bits per heavy atom. The van der Waals surface area contributed by atoms with Crippen LogP contribution in [0, 0.1) is 0 Å². The monoisotopic (exact) mass is 525 g/mol. The van der Waals surface area contributed by atoms with E-state index in [-0.39, 0.29) is 33.9 Å². The van der Waals surface area contributed by atoms with Gasteiger partial charge in [0.25, 0.3) is 11.8 Å². The number of aliphatic hydroxyl groups excluding tert-OH is 1. The molecule has 4 rings (SSSR count). The second-order valence-corrected chi connectivity index (χ2v) is 9.38. The van der Waals surface area contributed by atoms with E-state index >= 15 is 0 Å². The Kier molecular flexibility index (Phi) is 7.11. The number of hydrogen-bond acceptors (Lipinski definition) is 6. The number of anilines is 2. The molecule has 0 aliphatic carbocycles. The molecule has 33 heavy (non-hydrogen) atoms. The van der Waals surface area contributed by atoms with Gasteiger partial charge in [-0.15, -0.1) is 11.3 Å². The Bertz CT molecular complexity index is 1220. The van der Waals surface area contributed by atoms with E-state index in [9.17, 15) is 14.7 Å². The van der Waals surface area contributed by atoms with Crippen molar-refractivity contribution in [3.63, 3.8) is 0 Å². The number of benzene rings is 2. The molecule has 1 aliphatic rings. The van der Waals surface area contributed by atoms with Gasteiger partial charge in [-0.05, 0) is 36.8 Å². The molecule has 0 bridgehead atoms. The van der Waals surface area contributed by atoms with Crippen LogP contribution in [0.4, 0.5) is 10.8 Å². The minimum atomic E-state index is -0.543. The van der Waals surface area contributed by atoms with Gasteiger partial charge in [-0.2, -0.15) is 0 Å². The van der Waals surface area contributed by atoms with Crippen LogP contribution in [0.1, 0.15) is 27.3 Å². The lowest BCUT2D eigenvalue weighted by Gasteiger charge is -2.21. The van der Waals surface area contributed by atoms with Crippen molar-refractivity contribution in [1.82, 2.24) is 9.88 Å². The van der Waals surface area contributed by atoms with Gasteiger partial charge in [0.05, 0.1) is 34.5 Å². The number of aromatic nitrogens is 1. The smallest absolute Gasteiger partial charge is 0.273 e. The highest BCUT2D eigenvalue weighted by Gasteiger charge is 2.30. The first-order chi connectivity index (χ1) is 15.8. The molecule has 7 nitrogen and oxygen atoms in total. The molecule has 0 radical (unpaired) electrons. The summed E-state index contributed by atoms with van der Waals surface area (Å²) in [6, 6.07) is 9.42. The van der Waals surface area contributed by atoms with E-state index in [0.29, 0.717) is 34.4 Å². The number of likely N-dealkylation sites (tertiary alicyclic amines) is 1. The van der Waals surface area contributed by atoms with Gasteiger partial charge in [0.1, 0.15) is 11.4 Å². The third-order valence-corrected chi connectivity index (χ3v) is 6.80. The van der Waals surface area contributed by atoms with Crippen molar-refractivity contribution < 1.29 is 19.4 Å². The molecule has 1 aliphatic heterocycles. The highest BCUT2D eigenvalue weighted by Crippen LogP contribution is 2.37. The summed E-state index contributed by atoms with van der Waals surface area (Å²) in [5, 5.41) is 12.5. The number of nitrogens with zero attached hydrogens (tertiary/aromatic N) is 3. The van der Waals surface area contributed by atoms with Crippen LogP contribution in [0.5, 0.6) is 5.75 Å². The largest absolute Gasteiger partial charge is 0.495 e. The lowest BCUT2D eigenvalue weighted by Crippen LogP contribution is -2.30. The number of amides is 2. The molecule has 1 fully saturated rings. The first kappa shape index (κ1) is 23.8. The summed E-state index contributed by atoms with van der Waals surface area (Å²) >= 11 is 19.6. The van der Waals surface area contributed by atoms with E-state index < -0.39 is 12.0 Å². The maximum absolute atomic E-state index is 13.6. The predicted octanol–water partition coefficient (Wildman–Crippen LogP) is 5.30. The molecule has 2 aromatic carbocycles. The van der Waals surface area contributed by atoms with Gasteiger partial charge in [0.2, 0.25) is 0 Å². The minimum Gasteiger partial charge on any atom is -0.495 e. The van der Waals surface area contributed by atoms with Crippen molar-refractivity contribution in [2.75, 3.05) is 25.1 Å². The summed E-state index contributed by atoms with van der Waals surface area (Å²) in [7, 11) is 1.47. The molecule has 1 aromatic heterocycles. The number of hydrogen-bond donors (Lipinski definition) is 1. The van der Waals surface area contributed by atoms with Gasteiger partial charge in [-0.1, -0.05) is 34.8 Å². The first-order valence-corrected chi connectivity index (χ1v) is 11.9. The lowest BCUT2D eigenvalue weighted by atomic mass is 10.2. The molecule has 2 amide bonds. The summed E-state index contributed by atoms with van der Waals surface area (Å²) in [5.41, 5.74) is 0.822. The summed E-state index contributed by atoms with van der Waals surface area (Å²) in [4.78, 5) is 33.7. The Hall–Kier alpha value is -2.36. The van der Waals surface area contributed by atoms with Crippen LogP contribution in [-0.4, -0.2) is 53.1 Å². The molecular weight excluding hydrogens is 509 g/mol. The molecule has 0 spiro atoms. The molecule has 1 saturated heterocycles. The van der Waals surface area contributed by atoms with Gasteiger partial charge in [-0.25, -0.2) is 4.98 Å². The van der Waals surface area contributed by atoms with E-state index in [0.717, 1.165) is 11.3 Å². The van der Waals surface area contributed by atoms with E-state index in [1.165, 1.54) is 29.0 Å². The predicted molar refractivity (Wildman–Crippen MR) is 130 cm³/mol. The molecule has 3 aromatic rings.